The van der Waals surface area contributed by atoms with E-state index in [1.807, 2.05) is 0 Å². The number of nitrogens with one attached hydrogen (secondary N) is 1. The van der Waals surface area contributed by atoms with Crippen LogP contribution in [0.4, 0.5) is 10.1 Å². The van der Waals surface area contributed by atoms with Gasteiger partial charge in [-0.1, -0.05) is 11.6 Å². The highest BCUT2D eigenvalue weighted by Crippen LogP contribution is 2.25. The van der Waals surface area contributed by atoms with E-state index in [-0.39, 0.29) is 23.4 Å². The summed E-state index contributed by atoms with van der Waals surface area (Å²) in [6, 6.07) is 4.06. The fourth-order valence-corrected chi connectivity index (χ4v) is 3.25. The number of carbonyl (C=O) groups excluding carboxylic acids is 2. The van der Waals surface area contributed by atoms with Gasteiger partial charge in [0.1, 0.15) is 11.7 Å². The largest absolute Gasteiger partial charge is 0.383 e. The third-order valence-corrected chi connectivity index (χ3v) is 4.59. The van der Waals surface area contributed by atoms with Crippen LogP contribution in [0.25, 0.3) is 0 Å². The van der Waals surface area contributed by atoms with Crippen LogP contribution in [0.2, 0.25) is 5.02 Å². The van der Waals surface area contributed by atoms with Crippen molar-refractivity contribution in [3.63, 3.8) is 0 Å². The van der Waals surface area contributed by atoms with Gasteiger partial charge in [0.2, 0.25) is 11.8 Å². The molecule has 1 aromatic heterocycles. The Morgan fingerprint density at radius 2 is 2.26 bits per heavy atom. The number of ether oxygens (including phenoxy) is 1. The first kappa shape index (κ1) is 19.3. The van der Waals surface area contributed by atoms with E-state index in [9.17, 15) is 14.0 Å². The summed E-state index contributed by atoms with van der Waals surface area (Å²) in [5.41, 5.74) is 1.19. The Morgan fingerprint density at radius 1 is 1.44 bits per heavy atom. The zero-order valence-corrected chi connectivity index (χ0v) is 15.6. The SMILES string of the molecule is COCCn1cc(N2CCC(C(=O)NCc3cc(F)cc(Cl)c3)C2=O)cn1. The topological polar surface area (TPSA) is 76.5 Å². The summed E-state index contributed by atoms with van der Waals surface area (Å²) in [6.45, 7) is 1.65. The van der Waals surface area contributed by atoms with Crippen LogP contribution in [0.5, 0.6) is 0 Å². The molecule has 1 saturated heterocycles. The quantitative estimate of drug-likeness (QED) is 0.729. The molecule has 27 heavy (non-hydrogen) atoms. The average Bonchev–Trinajstić information content (AvgIpc) is 3.23. The smallest absolute Gasteiger partial charge is 0.239 e. The molecule has 1 atom stereocenters. The van der Waals surface area contributed by atoms with Gasteiger partial charge in [-0.05, 0) is 30.2 Å². The van der Waals surface area contributed by atoms with E-state index in [2.05, 4.69) is 10.4 Å². The number of methoxy groups -OCH3 is 1. The first-order valence-electron chi connectivity index (χ1n) is 8.53. The lowest BCUT2D eigenvalue weighted by atomic mass is 10.1. The normalized spacial score (nSPS) is 16.8. The molecule has 7 nitrogen and oxygen atoms in total. The van der Waals surface area contributed by atoms with Crippen LogP contribution < -0.4 is 10.2 Å². The van der Waals surface area contributed by atoms with Crippen molar-refractivity contribution in [1.29, 1.82) is 0 Å². The van der Waals surface area contributed by atoms with E-state index in [0.29, 0.717) is 37.4 Å². The molecular weight excluding hydrogens is 375 g/mol. The predicted octanol–water partition coefficient (Wildman–Crippen LogP) is 1.99. The molecule has 1 fully saturated rings. The maximum absolute atomic E-state index is 13.4. The number of halogens is 2. The van der Waals surface area contributed by atoms with Crippen molar-refractivity contribution >= 4 is 29.1 Å². The number of rotatable bonds is 7. The van der Waals surface area contributed by atoms with Crippen LogP contribution in [-0.2, 0) is 27.4 Å². The Labute approximate surface area is 161 Å². The number of carbonyl (C=O) groups is 2. The molecule has 0 radical (unpaired) electrons. The minimum absolute atomic E-state index is 0.106. The molecular formula is C18H20ClFN4O3. The number of benzene rings is 1. The zero-order chi connectivity index (χ0) is 19.4. The van der Waals surface area contributed by atoms with Crippen molar-refractivity contribution in [2.75, 3.05) is 25.2 Å². The lowest BCUT2D eigenvalue weighted by Gasteiger charge is -2.14. The number of nitrogens with zero attached hydrogens (tertiary/aromatic N) is 3. The van der Waals surface area contributed by atoms with Gasteiger partial charge in [0.15, 0.2) is 0 Å². The van der Waals surface area contributed by atoms with Gasteiger partial charge in [0, 0.05) is 31.4 Å². The summed E-state index contributed by atoms with van der Waals surface area (Å²) in [4.78, 5) is 26.6. The molecule has 1 aromatic carbocycles. The van der Waals surface area contributed by atoms with E-state index in [0.717, 1.165) is 0 Å². The summed E-state index contributed by atoms with van der Waals surface area (Å²) < 4.78 is 20.1. The van der Waals surface area contributed by atoms with Gasteiger partial charge in [-0.3, -0.25) is 14.3 Å². The highest BCUT2D eigenvalue weighted by atomic mass is 35.5. The number of hydrogen-bond acceptors (Lipinski definition) is 4. The molecule has 0 spiro atoms. The van der Waals surface area contributed by atoms with E-state index < -0.39 is 11.7 Å². The maximum Gasteiger partial charge on any atom is 0.239 e. The molecule has 1 N–H and O–H groups in total. The third kappa shape index (κ3) is 4.64. The van der Waals surface area contributed by atoms with E-state index in [1.165, 1.54) is 12.1 Å². The molecule has 0 aliphatic carbocycles. The monoisotopic (exact) mass is 394 g/mol. The Morgan fingerprint density at radius 3 is 3.00 bits per heavy atom. The van der Waals surface area contributed by atoms with Crippen molar-refractivity contribution < 1.29 is 18.7 Å². The van der Waals surface area contributed by atoms with Crippen LogP contribution in [0.3, 0.4) is 0 Å². The van der Waals surface area contributed by atoms with Crippen molar-refractivity contribution in [2.45, 2.75) is 19.5 Å². The fraction of sp³-hybridized carbons (Fsp3) is 0.389. The van der Waals surface area contributed by atoms with Crippen molar-refractivity contribution in [3.8, 4) is 0 Å². The summed E-state index contributed by atoms with van der Waals surface area (Å²) in [7, 11) is 1.61. The minimum atomic E-state index is -0.767. The highest BCUT2D eigenvalue weighted by molar-refractivity contribution is 6.30. The molecule has 2 amide bonds. The maximum atomic E-state index is 13.4. The van der Waals surface area contributed by atoms with Crippen LogP contribution in [0.1, 0.15) is 12.0 Å². The second-order valence-electron chi connectivity index (χ2n) is 6.28. The second-order valence-corrected chi connectivity index (χ2v) is 6.72. The number of hydrogen-bond donors (Lipinski definition) is 1. The third-order valence-electron chi connectivity index (χ3n) is 4.37. The summed E-state index contributed by atoms with van der Waals surface area (Å²) >= 11 is 5.81. The molecule has 1 unspecified atom stereocenters. The Bertz CT molecular complexity index is 822. The van der Waals surface area contributed by atoms with Crippen LogP contribution in [0, 0.1) is 11.7 Å². The number of anilines is 1. The van der Waals surface area contributed by atoms with Crippen LogP contribution >= 0.6 is 11.6 Å². The molecule has 0 bridgehead atoms. The van der Waals surface area contributed by atoms with Gasteiger partial charge >= 0.3 is 0 Å². The van der Waals surface area contributed by atoms with Gasteiger partial charge in [-0.25, -0.2) is 4.39 Å². The van der Waals surface area contributed by atoms with E-state index in [4.69, 9.17) is 16.3 Å². The second kappa shape index (κ2) is 8.49. The summed E-state index contributed by atoms with van der Waals surface area (Å²) in [6.07, 6.45) is 3.77. The first-order chi connectivity index (χ1) is 13.0. The molecule has 1 aliphatic heterocycles. The standard InChI is InChI=1S/C18H20ClFN4O3/c1-27-5-4-23-11-15(10-22-23)24-3-2-16(18(24)26)17(25)21-9-12-6-13(19)8-14(20)7-12/h6-8,10-11,16H,2-5,9H2,1H3,(H,21,25). The average molecular weight is 395 g/mol. The highest BCUT2D eigenvalue weighted by Gasteiger charge is 2.37. The summed E-state index contributed by atoms with van der Waals surface area (Å²) in [5, 5.41) is 7.13. The minimum Gasteiger partial charge on any atom is -0.383 e. The van der Waals surface area contributed by atoms with Gasteiger partial charge in [-0.2, -0.15) is 5.10 Å². The lowest BCUT2D eigenvalue weighted by Crippen LogP contribution is -2.36. The predicted molar refractivity (Wildman–Crippen MR) is 97.8 cm³/mol. The molecule has 3 rings (SSSR count). The van der Waals surface area contributed by atoms with Crippen LogP contribution in [0.15, 0.2) is 30.6 Å². The molecule has 1 aliphatic rings. The number of aromatic nitrogens is 2. The fourth-order valence-electron chi connectivity index (χ4n) is 3.00. The van der Waals surface area contributed by atoms with Crippen LogP contribution in [-0.4, -0.2) is 41.9 Å². The molecule has 0 saturated carbocycles. The van der Waals surface area contributed by atoms with Crippen molar-refractivity contribution in [1.82, 2.24) is 15.1 Å². The number of amides is 2. The van der Waals surface area contributed by atoms with Gasteiger partial charge in [0.25, 0.3) is 0 Å². The Balaban J connectivity index is 1.58. The Hall–Kier alpha value is -2.45. The van der Waals surface area contributed by atoms with Gasteiger partial charge in [-0.15, -0.1) is 0 Å². The molecule has 2 heterocycles. The first-order valence-corrected chi connectivity index (χ1v) is 8.91. The van der Waals surface area contributed by atoms with Crippen molar-refractivity contribution in [3.05, 3.63) is 47.0 Å². The van der Waals surface area contributed by atoms with E-state index in [1.54, 1.807) is 35.2 Å². The van der Waals surface area contributed by atoms with E-state index >= 15 is 0 Å². The Kier molecular flexibility index (Phi) is 6.08. The van der Waals surface area contributed by atoms with Crippen molar-refractivity contribution in [2.24, 2.45) is 5.92 Å². The lowest BCUT2D eigenvalue weighted by molar-refractivity contribution is -0.132. The zero-order valence-electron chi connectivity index (χ0n) is 14.8. The summed E-state index contributed by atoms with van der Waals surface area (Å²) in [5.74, 6) is -1.89. The van der Waals surface area contributed by atoms with Gasteiger partial charge < -0.3 is 15.0 Å². The molecule has 9 heteroatoms. The molecule has 144 valence electrons. The molecule has 2 aromatic rings. The van der Waals surface area contributed by atoms with Gasteiger partial charge in [0.05, 0.1) is 25.0 Å².